The first-order chi connectivity index (χ1) is 15.4. The predicted molar refractivity (Wildman–Crippen MR) is 125 cm³/mol. The molecule has 2 aromatic carbocycles. The van der Waals surface area contributed by atoms with E-state index in [1.165, 1.54) is 11.8 Å². The molecule has 0 fully saturated rings. The van der Waals surface area contributed by atoms with Gasteiger partial charge in [-0.3, -0.25) is 9.59 Å². The standard InChI is InChI=1S/C23H27N5O3S/c1-17-8-4-5-11-20(17)31-13-7-12-27(2)22(30)18-9-6-10-19(14-18)25-21(29)15-32-23-26-24-16-28(23)3/h4-6,8-11,14,16H,7,12-13,15H2,1-3H3,(H,25,29). The molecule has 0 spiro atoms. The maximum Gasteiger partial charge on any atom is 0.253 e. The molecule has 3 aromatic rings. The second kappa shape index (κ2) is 11.3. The molecule has 1 heterocycles. The lowest BCUT2D eigenvalue weighted by atomic mass is 10.1. The second-order valence-corrected chi connectivity index (χ2v) is 8.28. The number of hydrogen-bond acceptors (Lipinski definition) is 6. The number of benzene rings is 2. The average Bonchev–Trinajstić information content (AvgIpc) is 3.20. The van der Waals surface area contributed by atoms with E-state index in [4.69, 9.17) is 4.74 Å². The molecule has 0 unspecified atom stereocenters. The largest absolute Gasteiger partial charge is 0.493 e. The third-order valence-electron chi connectivity index (χ3n) is 4.73. The Kier molecular flexibility index (Phi) is 8.27. The van der Waals surface area contributed by atoms with Crippen molar-refractivity contribution in [3.05, 3.63) is 66.0 Å². The molecule has 3 rings (SSSR count). The molecule has 8 nitrogen and oxygen atoms in total. The number of aryl methyl sites for hydroxylation is 2. The van der Waals surface area contributed by atoms with Crippen LogP contribution < -0.4 is 10.1 Å². The lowest BCUT2D eigenvalue weighted by Gasteiger charge is -2.18. The van der Waals surface area contributed by atoms with Crippen LogP contribution >= 0.6 is 11.8 Å². The fourth-order valence-corrected chi connectivity index (χ4v) is 3.67. The van der Waals surface area contributed by atoms with E-state index < -0.39 is 0 Å². The quantitative estimate of drug-likeness (QED) is 0.374. The molecule has 0 aliphatic rings. The van der Waals surface area contributed by atoms with E-state index in [-0.39, 0.29) is 17.6 Å². The van der Waals surface area contributed by atoms with Crippen molar-refractivity contribution >= 4 is 29.3 Å². The Bertz CT molecular complexity index is 1070. The first-order valence-electron chi connectivity index (χ1n) is 10.2. The van der Waals surface area contributed by atoms with Gasteiger partial charge in [0.15, 0.2) is 5.16 Å². The van der Waals surface area contributed by atoms with Crippen molar-refractivity contribution in [3.8, 4) is 5.75 Å². The molecule has 168 valence electrons. The Labute approximate surface area is 192 Å². The molecule has 0 aliphatic carbocycles. The van der Waals surface area contributed by atoms with Crippen LogP contribution in [-0.2, 0) is 11.8 Å². The van der Waals surface area contributed by atoms with E-state index in [0.29, 0.717) is 36.0 Å². The highest BCUT2D eigenvalue weighted by Gasteiger charge is 2.13. The summed E-state index contributed by atoms with van der Waals surface area (Å²) in [6, 6.07) is 14.8. The van der Waals surface area contributed by atoms with Crippen LogP contribution in [0.5, 0.6) is 5.75 Å². The summed E-state index contributed by atoms with van der Waals surface area (Å²) in [5, 5.41) is 11.2. The number of nitrogens with zero attached hydrogens (tertiary/aromatic N) is 4. The minimum Gasteiger partial charge on any atom is -0.493 e. The van der Waals surface area contributed by atoms with E-state index in [2.05, 4.69) is 15.5 Å². The summed E-state index contributed by atoms with van der Waals surface area (Å²) in [5.41, 5.74) is 2.19. The van der Waals surface area contributed by atoms with Crippen molar-refractivity contribution in [3.63, 3.8) is 0 Å². The van der Waals surface area contributed by atoms with E-state index in [0.717, 1.165) is 11.3 Å². The molecule has 32 heavy (non-hydrogen) atoms. The molecule has 0 atom stereocenters. The Morgan fingerprint density at radius 2 is 2.00 bits per heavy atom. The van der Waals surface area contributed by atoms with Crippen LogP contribution in [0.4, 0.5) is 5.69 Å². The SMILES string of the molecule is Cc1ccccc1OCCCN(C)C(=O)c1cccc(NC(=O)CSc2nncn2C)c1. The summed E-state index contributed by atoms with van der Waals surface area (Å²) in [6.45, 7) is 3.10. The number of thioether (sulfide) groups is 1. The smallest absolute Gasteiger partial charge is 0.253 e. The maximum absolute atomic E-state index is 12.8. The van der Waals surface area contributed by atoms with Gasteiger partial charge in [0.2, 0.25) is 5.91 Å². The number of carbonyl (C=O) groups is 2. The first-order valence-corrected chi connectivity index (χ1v) is 11.2. The number of hydrogen-bond donors (Lipinski definition) is 1. The van der Waals surface area contributed by atoms with E-state index in [1.54, 1.807) is 47.1 Å². The third-order valence-corrected chi connectivity index (χ3v) is 5.77. The van der Waals surface area contributed by atoms with Crippen molar-refractivity contribution in [1.82, 2.24) is 19.7 Å². The van der Waals surface area contributed by atoms with Crippen LogP contribution in [0, 0.1) is 6.92 Å². The van der Waals surface area contributed by atoms with Gasteiger partial charge in [-0.1, -0.05) is 36.0 Å². The number of ether oxygens (including phenoxy) is 1. The van der Waals surface area contributed by atoms with Crippen molar-refractivity contribution in [2.75, 3.05) is 31.3 Å². The fraction of sp³-hybridized carbons (Fsp3) is 0.304. The Hall–Kier alpha value is -3.33. The summed E-state index contributed by atoms with van der Waals surface area (Å²) < 4.78 is 7.54. The molecule has 0 saturated heterocycles. The highest BCUT2D eigenvalue weighted by Crippen LogP contribution is 2.17. The fourth-order valence-electron chi connectivity index (χ4n) is 2.98. The molecule has 1 N–H and O–H groups in total. The summed E-state index contributed by atoms with van der Waals surface area (Å²) in [7, 11) is 3.58. The Morgan fingerprint density at radius 1 is 1.19 bits per heavy atom. The summed E-state index contributed by atoms with van der Waals surface area (Å²) in [5.74, 6) is 0.780. The van der Waals surface area contributed by atoms with Gasteiger partial charge >= 0.3 is 0 Å². The average molecular weight is 454 g/mol. The van der Waals surface area contributed by atoms with Gasteiger partial charge in [0, 0.05) is 31.9 Å². The third kappa shape index (κ3) is 6.58. The van der Waals surface area contributed by atoms with Crippen LogP contribution in [0.1, 0.15) is 22.3 Å². The van der Waals surface area contributed by atoms with Gasteiger partial charge in [0.05, 0.1) is 12.4 Å². The van der Waals surface area contributed by atoms with Crippen LogP contribution in [0.25, 0.3) is 0 Å². The number of rotatable bonds is 10. The van der Waals surface area contributed by atoms with E-state index >= 15 is 0 Å². The van der Waals surface area contributed by atoms with Crippen molar-refractivity contribution in [2.45, 2.75) is 18.5 Å². The minimum atomic E-state index is -0.177. The highest BCUT2D eigenvalue weighted by molar-refractivity contribution is 7.99. The molecule has 0 bridgehead atoms. The van der Waals surface area contributed by atoms with E-state index in [1.807, 2.05) is 38.2 Å². The first kappa shape index (κ1) is 23.3. The van der Waals surface area contributed by atoms with Gasteiger partial charge in [0.25, 0.3) is 5.91 Å². The van der Waals surface area contributed by atoms with Gasteiger partial charge < -0.3 is 19.5 Å². The van der Waals surface area contributed by atoms with Gasteiger partial charge in [0.1, 0.15) is 12.1 Å². The minimum absolute atomic E-state index is 0.106. The topological polar surface area (TPSA) is 89.3 Å². The lowest BCUT2D eigenvalue weighted by Crippen LogP contribution is -2.28. The number of carbonyl (C=O) groups excluding carboxylic acids is 2. The normalized spacial score (nSPS) is 10.6. The van der Waals surface area contributed by atoms with Gasteiger partial charge in [-0.15, -0.1) is 10.2 Å². The lowest BCUT2D eigenvalue weighted by molar-refractivity contribution is -0.113. The zero-order valence-corrected chi connectivity index (χ0v) is 19.3. The summed E-state index contributed by atoms with van der Waals surface area (Å²) >= 11 is 1.30. The number of anilines is 1. The predicted octanol–water partition coefficient (Wildman–Crippen LogP) is 3.40. The number of para-hydroxylation sites is 1. The molecule has 0 radical (unpaired) electrons. The zero-order valence-electron chi connectivity index (χ0n) is 18.4. The van der Waals surface area contributed by atoms with Gasteiger partial charge in [-0.05, 0) is 43.2 Å². The zero-order chi connectivity index (χ0) is 22.9. The molecule has 1 aromatic heterocycles. The number of amides is 2. The molecular weight excluding hydrogens is 426 g/mol. The maximum atomic E-state index is 12.8. The van der Waals surface area contributed by atoms with Crippen molar-refractivity contribution < 1.29 is 14.3 Å². The van der Waals surface area contributed by atoms with Crippen LogP contribution in [0.2, 0.25) is 0 Å². The summed E-state index contributed by atoms with van der Waals surface area (Å²) in [6.07, 6.45) is 2.30. The van der Waals surface area contributed by atoms with Crippen LogP contribution in [0.15, 0.2) is 60.0 Å². The molecule has 2 amide bonds. The van der Waals surface area contributed by atoms with Crippen molar-refractivity contribution in [1.29, 1.82) is 0 Å². The molecule has 9 heteroatoms. The highest BCUT2D eigenvalue weighted by atomic mass is 32.2. The van der Waals surface area contributed by atoms with Gasteiger partial charge in [-0.2, -0.15) is 0 Å². The molecule has 0 aliphatic heterocycles. The Balaban J connectivity index is 1.46. The second-order valence-electron chi connectivity index (χ2n) is 7.34. The molecular formula is C23H27N5O3S. The molecule has 0 saturated carbocycles. The van der Waals surface area contributed by atoms with Crippen LogP contribution in [0.3, 0.4) is 0 Å². The van der Waals surface area contributed by atoms with Gasteiger partial charge in [-0.25, -0.2) is 0 Å². The van der Waals surface area contributed by atoms with E-state index in [9.17, 15) is 9.59 Å². The van der Waals surface area contributed by atoms with Crippen molar-refractivity contribution in [2.24, 2.45) is 7.05 Å². The Morgan fingerprint density at radius 3 is 2.75 bits per heavy atom. The number of aromatic nitrogens is 3. The summed E-state index contributed by atoms with van der Waals surface area (Å²) in [4.78, 5) is 26.7. The monoisotopic (exact) mass is 453 g/mol. The number of nitrogens with one attached hydrogen (secondary N) is 1. The van der Waals surface area contributed by atoms with Crippen LogP contribution in [-0.4, -0.2) is 57.4 Å².